The molecule has 2 heterocycles. The summed E-state index contributed by atoms with van der Waals surface area (Å²) < 4.78 is 0. The molecule has 3 nitrogen and oxygen atoms in total. The number of pyridine rings is 1. The maximum absolute atomic E-state index is 6.01. The molecule has 0 bridgehead atoms. The van der Waals surface area contributed by atoms with Gasteiger partial charge in [0, 0.05) is 19.1 Å². The second-order valence-electron chi connectivity index (χ2n) is 4.94. The molecule has 4 heteroatoms. The second kappa shape index (κ2) is 5.23. The molecule has 94 valence electrons. The summed E-state index contributed by atoms with van der Waals surface area (Å²) in [5.41, 5.74) is 0.913. The number of nitrogens with zero attached hydrogens (tertiary/aromatic N) is 3. The Hall–Kier alpha value is -0.800. The summed E-state index contributed by atoms with van der Waals surface area (Å²) in [6, 6.07) is 4.59. The molecular weight excluding hydrogens is 234 g/mol. The smallest absolute Gasteiger partial charge is 0.128 e. The van der Waals surface area contributed by atoms with E-state index in [4.69, 9.17) is 11.6 Å². The first-order valence-electron chi connectivity index (χ1n) is 6.12. The molecule has 0 radical (unpaired) electrons. The Bertz CT molecular complexity index is 392. The normalized spacial score (nSPS) is 21.0. The van der Waals surface area contributed by atoms with Gasteiger partial charge in [-0.2, -0.15) is 0 Å². The molecule has 1 aromatic heterocycles. The van der Waals surface area contributed by atoms with E-state index in [2.05, 4.69) is 28.9 Å². The topological polar surface area (TPSA) is 19.4 Å². The fourth-order valence-electron chi connectivity index (χ4n) is 2.29. The van der Waals surface area contributed by atoms with E-state index in [1.165, 1.54) is 12.8 Å². The van der Waals surface area contributed by atoms with Gasteiger partial charge in [-0.25, -0.2) is 4.98 Å². The van der Waals surface area contributed by atoms with E-state index >= 15 is 0 Å². The number of rotatable bonds is 2. The van der Waals surface area contributed by atoms with Crippen LogP contribution < -0.4 is 4.90 Å². The highest BCUT2D eigenvalue weighted by molar-refractivity contribution is 6.31. The first-order valence-corrected chi connectivity index (χ1v) is 6.50. The van der Waals surface area contributed by atoms with Gasteiger partial charge in [-0.15, -0.1) is 0 Å². The summed E-state index contributed by atoms with van der Waals surface area (Å²) in [7, 11) is 4.30. The number of aromatic nitrogens is 1. The summed E-state index contributed by atoms with van der Waals surface area (Å²) in [5.74, 6) is 1.05. The highest BCUT2D eigenvalue weighted by atomic mass is 35.5. The lowest BCUT2D eigenvalue weighted by Gasteiger charge is -2.36. The van der Waals surface area contributed by atoms with Crippen molar-refractivity contribution in [1.82, 2.24) is 9.88 Å². The van der Waals surface area contributed by atoms with Gasteiger partial charge in [0.15, 0.2) is 0 Å². The van der Waals surface area contributed by atoms with Gasteiger partial charge in [-0.1, -0.05) is 11.6 Å². The van der Waals surface area contributed by atoms with Gasteiger partial charge in [0.25, 0.3) is 0 Å². The van der Waals surface area contributed by atoms with Crippen LogP contribution in [0.5, 0.6) is 0 Å². The first-order chi connectivity index (χ1) is 8.08. The van der Waals surface area contributed by atoms with Crippen LogP contribution in [0.4, 0.5) is 5.82 Å². The molecule has 1 aromatic rings. The highest BCUT2D eigenvalue weighted by Crippen LogP contribution is 2.22. The zero-order valence-electron chi connectivity index (χ0n) is 10.8. The number of halogens is 1. The third kappa shape index (κ3) is 2.90. The van der Waals surface area contributed by atoms with Gasteiger partial charge in [-0.3, -0.25) is 0 Å². The van der Waals surface area contributed by atoms with Crippen LogP contribution in [0.1, 0.15) is 18.5 Å². The maximum Gasteiger partial charge on any atom is 0.128 e. The van der Waals surface area contributed by atoms with Gasteiger partial charge >= 0.3 is 0 Å². The van der Waals surface area contributed by atoms with Crippen LogP contribution in [0, 0.1) is 6.92 Å². The van der Waals surface area contributed by atoms with Crippen LogP contribution in [0.25, 0.3) is 0 Å². The van der Waals surface area contributed by atoms with Crippen molar-refractivity contribution >= 4 is 17.4 Å². The van der Waals surface area contributed by atoms with Gasteiger partial charge in [-0.05, 0) is 46.0 Å². The van der Waals surface area contributed by atoms with Gasteiger partial charge in [0.1, 0.15) is 5.82 Å². The molecule has 0 N–H and O–H groups in total. The van der Waals surface area contributed by atoms with Gasteiger partial charge in [0.05, 0.1) is 10.7 Å². The molecule has 17 heavy (non-hydrogen) atoms. The molecule has 1 saturated heterocycles. The fourth-order valence-corrected chi connectivity index (χ4v) is 2.40. The number of hydrogen-bond acceptors (Lipinski definition) is 3. The molecule has 0 saturated carbocycles. The summed E-state index contributed by atoms with van der Waals surface area (Å²) in [6.45, 7) is 4.11. The number of likely N-dealkylation sites (N-methyl/N-ethyl adjacent to an activating group) is 1. The first kappa shape index (κ1) is 12.7. The van der Waals surface area contributed by atoms with Crippen molar-refractivity contribution in [2.24, 2.45) is 0 Å². The minimum atomic E-state index is 0.626. The third-order valence-electron chi connectivity index (χ3n) is 3.46. The molecule has 1 atom stereocenters. The Morgan fingerprint density at radius 2 is 2.18 bits per heavy atom. The van der Waals surface area contributed by atoms with E-state index in [1.807, 2.05) is 19.1 Å². The van der Waals surface area contributed by atoms with Crippen molar-refractivity contribution in [3.63, 3.8) is 0 Å². The van der Waals surface area contributed by atoms with E-state index in [9.17, 15) is 0 Å². The second-order valence-corrected chi connectivity index (χ2v) is 5.35. The lowest BCUT2D eigenvalue weighted by atomic mass is 10.0. The monoisotopic (exact) mass is 253 g/mol. The van der Waals surface area contributed by atoms with E-state index in [1.54, 1.807) is 0 Å². The zero-order chi connectivity index (χ0) is 12.4. The molecule has 0 aliphatic carbocycles. The summed E-state index contributed by atoms with van der Waals surface area (Å²) in [4.78, 5) is 9.22. The largest absolute Gasteiger partial charge is 0.355 e. The number of hydrogen-bond donors (Lipinski definition) is 0. The predicted molar refractivity (Wildman–Crippen MR) is 72.9 cm³/mol. The molecule has 0 aromatic carbocycles. The van der Waals surface area contributed by atoms with Crippen molar-refractivity contribution in [3.05, 3.63) is 22.8 Å². The zero-order valence-corrected chi connectivity index (χ0v) is 11.5. The van der Waals surface area contributed by atoms with E-state index in [0.717, 1.165) is 29.6 Å². The maximum atomic E-state index is 6.01. The molecule has 1 aliphatic heterocycles. The third-order valence-corrected chi connectivity index (χ3v) is 3.86. The van der Waals surface area contributed by atoms with Gasteiger partial charge < -0.3 is 9.80 Å². The molecule has 0 amide bonds. The Kier molecular flexibility index (Phi) is 3.89. The van der Waals surface area contributed by atoms with Crippen molar-refractivity contribution in [3.8, 4) is 0 Å². The number of anilines is 1. The summed E-state index contributed by atoms with van der Waals surface area (Å²) >= 11 is 6.01. The molecule has 1 unspecified atom stereocenters. The SMILES string of the molecule is Cc1nc(N2CCCC(N(C)C)C2)ccc1Cl. The molecule has 2 rings (SSSR count). The van der Waals surface area contributed by atoms with Crippen molar-refractivity contribution in [1.29, 1.82) is 0 Å². The van der Waals surface area contributed by atoms with Gasteiger partial charge in [0.2, 0.25) is 0 Å². The van der Waals surface area contributed by atoms with Crippen LogP contribution >= 0.6 is 11.6 Å². The quantitative estimate of drug-likeness (QED) is 0.808. The fraction of sp³-hybridized carbons (Fsp3) is 0.615. The predicted octanol–water partition coefficient (Wildman–Crippen LogP) is 2.57. The van der Waals surface area contributed by atoms with Crippen molar-refractivity contribution < 1.29 is 0 Å². The van der Waals surface area contributed by atoms with Crippen LogP contribution in [-0.4, -0.2) is 43.1 Å². The lowest BCUT2D eigenvalue weighted by Crippen LogP contribution is -2.45. The van der Waals surface area contributed by atoms with E-state index < -0.39 is 0 Å². The average molecular weight is 254 g/mol. The molecule has 0 spiro atoms. The summed E-state index contributed by atoms with van der Waals surface area (Å²) in [6.07, 6.45) is 2.50. The van der Waals surface area contributed by atoms with Crippen molar-refractivity contribution in [2.45, 2.75) is 25.8 Å². The van der Waals surface area contributed by atoms with Crippen LogP contribution in [0.2, 0.25) is 5.02 Å². The summed E-state index contributed by atoms with van der Waals surface area (Å²) in [5, 5.41) is 0.745. The average Bonchev–Trinajstić information content (AvgIpc) is 2.33. The Balaban J connectivity index is 2.13. The van der Waals surface area contributed by atoms with Crippen LogP contribution in [-0.2, 0) is 0 Å². The number of piperidine rings is 1. The molecular formula is C13H20ClN3. The Morgan fingerprint density at radius 1 is 1.41 bits per heavy atom. The standard InChI is InChI=1S/C13H20ClN3/c1-10-12(14)6-7-13(15-10)17-8-4-5-11(9-17)16(2)3/h6-7,11H,4-5,8-9H2,1-3H3. The minimum absolute atomic E-state index is 0.626. The minimum Gasteiger partial charge on any atom is -0.355 e. The van der Waals surface area contributed by atoms with E-state index in [-0.39, 0.29) is 0 Å². The van der Waals surface area contributed by atoms with Crippen LogP contribution in [0.15, 0.2) is 12.1 Å². The Labute approximate surface area is 108 Å². The Morgan fingerprint density at radius 3 is 2.82 bits per heavy atom. The van der Waals surface area contributed by atoms with Crippen molar-refractivity contribution in [2.75, 3.05) is 32.1 Å². The van der Waals surface area contributed by atoms with Crippen LogP contribution in [0.3, 0.4) is 0 Å². The lowest BCUT2D eigenvalue weighted by molar-refractivity contribution is 0.257. The van der Waals surface area contributed by atoms with E-state index in [0.29, 0.717) is 6.04 Å². The molecule has 1 aliphatic rings. The number of aryl methyl sites for hydroxylation is 1. The highest BCUT2D eigenvalue weighted by Gasteiger charge is 2.22. The molecule has 1 fully saturated rings.